The molecule has 0 aromatic heterocycles. The lowest BCUT2D eigenvalue weighted by molar-refractivity contribution is -0.387. The minimum atomic E-state index is -1.50. The Kier molecular flexibility index (Phi) is 2.72. The van der Waals surface area contributed by atoms with E-state index in [0.717, 1.165) is 12.1 Å². The first-order chi connectivity index (χ1) is 6.56. The van der Waals surface area contributed by atoms with Gasteiger partial charge in [0.1, 0.15) is 0 Å². The minimum Gasteiger partial charge on any atom is -0.258 e. The number of nitro groups is 1. The number of halogens is 2. The van der Waals surface area contributed by atoms with E-state index in [4.69, 9.17) is 5.26 Å². The first-order valence-electron chi connectivity index (χ1n) is 3.55. The summed E-state index contributed by atoms with van der Waals surface area (Å²) in [6.07, 6.45) is -0.196. The number of nitrogens with zero attached hydrogens (tertiary/aromatic N) is 2. The molecule has 1 aromatic rings. The van der Waals surface area contributed by atoms with E-state index in [2.05, 4.69) is 0 Å². The van der Waals surface area contributed by atoms with Crippen molar-refractivity contribution in [2.45, 2.75) is 6.42 Å². The Hall–Kier alpha value is -2.03. The number of rotatable bonds is 2. The third-order valence-corrected chi connectivity index (χ3v) is 1.55. The topological polar surface area (TPSA) is 66.9 Å². The Morgan fingerprint density at radius 2 is 2.14 bits per heavy atom. The molecular formula is C8H4F2N2O2. The van der Waals surface area contributed by atoms with Crippen LogP contribution in [0, 0.1) is 33.1 Å². The molecule has 14 heavy (non-hydrogen) atoms. The van der Waals surface area contributed by atoms with Crippen LogP contribution in [-0.4, -0.2) is 4.92 Å². The van der Waals surface area contributed by atoms with E-state index in [1.165, 1.54) is 0 Å². The van der Waals surface area contributed by atoms with Crippen molar-refractivity contribution >= 4 is 5.69 Å². The van der Waals surface area contributed by atoms with Crippen LogP contribution in [-0.2, 0) is 6.42 Å². The van der Waals surface area contributed by atoms with Gasteiger partial charge in [-0.2, -0.15) is 9.65 Å². The second-order valence-electron chi connectivity index (χ2n) is 2.50. The monoisotopic (exact) mass is 198 g/mol. The van der Waals surface area contributed by atoms with Crippen LogP contribution in [0.4, 0.5) is 14.5 Å². The van der Waals surface area contributed by atoms with Crippen molar-refractivity contribution < 1.29 is 13.7 Å². The number of nitriles is 1. The fraction of sp³-hybridized carbons (Fsp3) is 0.125. The molecule has 1 rings (SSSR count). The molecule has 0 N–H and O–H groups in total. The Balaban J connectivity index is 3.29. The molecule has 0 heterocycles. The second-order valence-corrected chi connectivity index (χ2v) is 2.50. The van der Waals surface area contributed by atoms with Crippen molar-refractivity contribution in [3.05, 3.63) is 39.4 Å². The highest BCUT2D eigenvalue weighted by molar-refractivity contribution is 5.38. The van der Waals surface area contributed by atoms with Gasteiger partial charge in [0, 0.05) is 6.07 Å². The highest BCUT2D eigenvalue weighted by atomic mass is 19.2. The second kappa shape index (κ2) is 3.79. The molecule has 0 atom stereocenters. The summed E-state index contributed by atoms with van der Waals surface area (Å²) in [5.74, 6) is -2.82. The first kappa shape index (κ1) is 10.1. The number of benzene rings is 1. The molecule has 0 aliphatic carbocycles. The minimum absolute atomic E-state index is 0.0816. The Labute approximate surface area is 77.5 Å². The third kappa shape index (κ3) is 1.82. The summed E-state index contributed by atoms with van der Waals surface area (Å²) < 4.78 is 25.5. The number of hydrogen-bond acceptors (Lipinski definition) is 3. The molecule has 1 aromatic carbocycles. The molecule has 0 saturated carbocycles. The predicted octanol–water partition coefficient (Wildman–Crippen LogP) is 1.94. The molecule has 0 bridgehead atoms. The largest absolute Gasteiger partial charge is 0.308 e. The van der Waals surface area contributed by atoms with Gasteiger partial charge in [-0.15, -0.1) is 0 Å². The van der Waals surface area contributed by atoms with Gasteiger partial charge in [0.2, 0.25) is 5.82 Å². The van der Waals surface area contributed by atoms with Gasteiger partial charge in [-0.1, -0.05) is 0 Å². The molecule has 6 heteroatoms. The van der Waals surface area contributed by atoms with Gasteiger partial charge in [-0.05, 0) is 11.6 Å². The van der Waals surface area contributed by atoms with Crippen LogP contribution in [0.1, 0.15) is 5.56 Å². The molecule has 0 amide bonds. The molecule has 0 aliphatic rings. The van der Waals surface area contributed by atoms with Crippen molar-refractivity contribution in [3.8, 4) is 6.07 Å². The average Bonchev–Trinajstić information content (AvgIpc) is 2.11. The summed E-state index contributed by atoms with van der Waals surface area (Å²) in [5, 5.41) is 18.5. The quantitative estimate of drug-likeness (QED) is 0.538. The van der Waals surface area contributed by atoms with E-state index in [-0.39, 0.29) is 12.0 Å². The lowest BCUT2D eigenvalue weighted by atomic mass is 10.1. The van der Waals surface area contributed by atoms with E-state index < -0.39 is 22.2 Å². The van der Waals surface area contributed by atoms with Crippen LogP contribution in [0.3, 0.4) is 0 Å². The predicted molar refractivity (Wildman–Crippen MR) is 42.3 cm³/mol. The summed E-state index contributed by atoms with van der Waals surface area (Å²) in [6, 6.07) is 3.30. The Morgan fingerprint density at radius 3 is 2.64 bits per heavy atom. The smallest absolute Gasteiger partial charge is 0.258 e. The molecule has 4 nitrogen and oxygen atoms in total. The first-order valence-corrected chi connectivity index (χ1v) is 3.55. The van der Waals surface area contributed by atoms with E-state index in [1.54, 1.807) is 6.07 Å². The Morgan fingerprint density at radius 1 is 1.50 bits per heavy atom. The zero-order chi connectivity index (χ0) is 10.7. The lowest BCUT2D eigenvalue weighted by Crippen LogP contribution is -1.98. The molecule has 0 saturated heterocycles. The van der Waals surface area contributed by atoms with E-state index in [0.29, 0.717) is 0 Å². The highest BCUT2D eigenvalue weighted by Gasteiger charge is 2.19. The van der Waals surface area contributed by atoms with Gasteiger partial charge in [0.05, 0.1) is 17.4 Å². The third-order valence-electron chi connectivity index (χ3n) is 1.55. The summed E-state index contributed by atoms with van der Waals surface area (Å²) in [4.78, 5) is 9.22. The molecule has 0 spiro atoms. The van der Waals surface area contributed by atoms with Gasteiger partial charge in [-0.25, -0.2) is 4.39 Å². The van der Waals surface area contributed by atoms with Crippen molar-refractivity contribution in [2.24, 2.45) is 0 Å². The highest BCUT2D eigenvalue weighted by Crippen LogP contribution is 2.21. The van der Waals surface area contributed by atoms with Crippen molar-refractivity contribution in [3.63, 3.8) is 0 Å². The standard InChI is InChI=1S/C8H4F2N2O2/c9-6-3-5(1-2-11)4-7(8(6)10)12(13)14/h3-4H,1H2. The fourth-order valence-electron chi connectivity index (χ4n) is 0.955. The normalized spacial score (nSPS) is 9.50. The van der Waals surface area contributed by atoms with Gasteiger partial charge in [-0.3, -0.25) is 10.1 Å². The maximum absolute atomic E-state index is 12.8. The molecule has 0 radical (unpaired) electrons. The van der Waals surface area contributed by atoms with Crippen LogP contribution in [0.5, 0.6) is 0 Å². The zero-order valence-electron chi connectivity index (χ0n) is 6.83. The zero-order valence-corrected chi connectivity index (χ0v) is 6.83. The van der Waals surface area contributed by atoms with E-state index >= 15 is 0 Å². The number of nitro benzene ring substituents is 1. The maximum atomic E-state index is 12.8. The molecule has 0 fully saturated rings. The molecule has 0 aliphatic heterocycles. The average molecular weight is 198 g/mol. The van der Waals surface area contributed by atoms with Crippen molar-refractivity contribution in [1.29, 1.82) is 5.26 Å². The van der Waals surface area contributed by atoms with Crippen LogP contribution in [0.25, 0.3) is 0 Å². The van der Waals surface area contributed by atoms with Gasteiger partial charge >= 0.3 is 5.69 Å². The van der Waals surface area contributed by atoms with Gasteiger partial charge in [0.15, 0.2) is 5.82 Å². The van der Waals surface area contributed by atoms with Crippen LogP contribution >= 0.6 is 0 Å². The van der Waals surface area contributed by atoms with Crippen molar-refractivity contribution in [1.82, 2.24) is 0 Å². The summed E-state index contributed by atoms with van der Waals surface area (Å²) in [6.45, 7) is 0. The molecule has 0 unspecified atom stereocenters. The van der Waals surface area contributed by atoms with Crippen LogP contribution in [0.2, 0.25) is 0 Å². The summed E-state index contributed by atoms with van der Waals surface area (Å²) in [5.41, 5.74) is -0.867. The van der Waals surface area contributed by atoms with Crippen LogP contribution < -0.4 is 0 Å². The molecular weight excluding hydrogens is 194 g/mol. The molecule has 72 valence electrons. The lowest BCUT2D eigenvalue weighted by Gasteiger charge is -1.98. The van der Waals surface area contributed by atoms with E-state index in [9.17, 15) is 18.9 Å². The Bertz CT molecular complexity index is 426. The number of hydrogen-bond donors (Lipinski definition) is 0. The van der Waals surface area contributed by atoms with E-state index in [1.807, 2.05) is 0 Å². The maximum Gasteiger partial charge on any atom is 0.308 e. The van der Waals surface area contributed by atoms with Crippen LogP contribution in [0.15, 0.2) is 12.1 Å². The summed E-state index contributed by atoms with van der Waals surface area (Å²) >= 11 is 0. The van der Waals surface area contributed by atoms with Gasteiger partial charge in [0.25, 0.3) is 0 Å². The van der Waals surface area contributed by atoms with Crippen molar-refractivity contribution in [2.75, 3.05) is 0 Å². The SMILES string of the molecule is N#CCc1cc(F)c(F)c([N+](=O)[O-])c1. The fourth-order valence-corrected chi connectivity index (χ4v) is 0.955. The summed E-state index contributed by atoms with van der Waals surface area (Å²) in [7, 11) is 0. The van der Waals surface area contributed by atoms with Gasteiger partial charge < -0.3 is 0 Å².